The van der Waals surface area contributed by atoms with Gasteiger partial charge in [-0.3, -0.25) is 4.79 Å². The first-order valence-electron chi connectivity index (χ1n) is 8.84. The molecule has 0 saturated heterocycles. The summed E-state index contributed by atoms with van der Waals surface area (Å²) in [6.07, 6.45) is 1.62. The van der Waals surface area contributed by atoms with Gasteiger partial charge >= 0.3 is 0 Å². The van der Waals surface area contributed by atoms with Gasteiger partial charge in [0.25, 0.3) is 0 Å². The highest BCUT2D eigenvalue weighted by atomic mass is 32.2. The number of carbonyl (C=O) groups is 1. The second kappa shape index (κ2) is 7.21. The van der Waals surface area contributed by atoms with Crippen molar-refractivity contribution in [3.63, 3.8) is 0 Å². The number of benzene rings is 2. The van der Waals surface area contributed by atoms with E-state index in [0.29, 0.717) is 13.0 Å². The molecule has 2 aromatic carbocycles. The van der Waals surface area contributed by atoms with Crippen molar-refractivity contribution in [1.82, 2.24) is 4.72 Å². The minimum Gasteiger partial charge on any atom is -0.312 e. The van der Waals surface area contributed by atoms with Crippen LogP contribution < -0.4 is 9.62 Å². The summed E-state index contributed by atoms with van der Waals surface area (Å²) in [6, 6.07) is 12.6. The molecule has 1 atom stereocenters. The van der Waals surface area contributed by atoms with Crippen molar-refractivity contribution in [3.05, 3.63) is 59.2 Å². The van der Waals surface area contributed by atoms with Gasteiger partial charge in [-0.15, -0.1) is 0 Å². The Labute approximate surface area is 155 Å². The van der Waals surface area contributed by atoms with Crippen molar-refractivity contribution in [2.45, 2.75) is 44.6 Å². The van der Waals surface area contributed by atoms with E-state index in [-0.39, 0.29) is 16.8 Å². The molecule has 6 heteroatoms. The maximum absolute atomic E-state index is 12.8. The quantitative estimate of drug-likeness (QED) is 0.876. The fourth-order valence-electron chi connectivity index (χ4n) is 3.28. The zero-order valence-corrected chi connectivity index (χ0v) is 16.1. The van der Waals surface area contributed by atoms with Crippen LogP contribution in [0, 0.1) is 0 Å². The molecule has 0 aliphatic carbocycles. The third-order valence-corrected chi connectivity index (χ3v) is 6.40. The van der Waals surface area contributed by atoms with E-state index in [1.54, 1.807) is 23.1 Å². The number of nitrogens with one attached hydrogen (secondary N) is 1. The average molecular weight is 372 g/mol. The second-order valence-corrected chi connectivity index (χ2v) is 8.36. The first-order chi connectivity index (χ1) is 12.3. The molecule has 0 aromatic heterocycles. The molecule has 26 heavy (non-hydrogen) atoms. The number of hydrogen-bond donors (Lipinski definition) is 1. The van der Waals surface area contributed by atoms with E-state index >= 15 is 0 Å². The first kappa shape index (κ1) is 18.6. The minimum absolute atomic E-state index is 0.0263. The van der Waals surface area contributed by atoms with E-state index < -0.39 is 10.0 Å². The smallest absolute Gasteiger partial charge is 0.241 e. The fourth-order valence-corrected chi connectivity index (χ4v) is 4.57. The molecular formula is C20H24N2O3S. The number of amides is 1. The SMILES string of the molecule is CCc1ccc([C@@H](C)NS(=O)(=O)c2ccc3c(c2)CCN3C(C)=O)cc1. The zero-order valence-electron chi connectivity index (χ0n) is 15.3. The number of fused-ring (bicyclic) bond motifs is 1. The number of aryl methyl sites for hydroxylation is 1. The van der Waals surface area contributed by atoms with Gasteiger partial charge in [-0.05, 0) is 54.7 Å². The molecule has 1 amide bonds. The van der Waals surface area contributed by atoms with E-state index in [0.717, 1.165) is 23.2 Å². The van der Waals surface area contributed by atoms with Crippen LogP contribution in [0.4, 0.5) is 5.69 Å². The summed E-state index contributed by atoms with van der Waals surface area (Å²) in [5, 5.41) is 0. The number of carbonyl (C=O) groups excluding carboxylic acids is 1. The summed E-state index contributed by atoms with van der Waals surface area (Å²) in [6.45, 7) is 6.04. The van der Waals surface area contributed by atoms with Gasteiger partial charge in [-0.25, -0.2) is 13.1 Å². The van der Waals surface area contributed by atoms with E-state index in [9.17, 15) is 13.2 Å². The molecule has 1 aliphatic rings. The van der Waals surface area contributed by atoms with E-state index in [2.05, 4.69) is 11.6 Å². The zero-order chi connectivity index (χ0) is 18.9. The van der Waals surface area contributed by atoms with Gasteiger partial charge in [0.05, 0.1) is 4.90 Å². The summed E-state index contributed by atoms with van der Waals surface area (Å²) in [5.74, 6) is -0.0263. The van der Waals surface area contributed by atoms with Gasteiger partial charge in [-0.1, -0.05) is 31.2 Å². The van der Waals surface area contributed by atoms with E-state index in [1.165, 1.54) is 12.5 Å². The van der Waals surface area contributed by atoms with Crippen LogP contribution in [0.3, 0.4) is 0 Å². The molecule has 3 rings (SSSR count). The monoisotopic (exact) mass is 372 g/mol. The predicted molar refractivity (Wildman–Crippen MR) is 103 cm³/mol. The fraction of sp³-hybridized carbons (Fsp3) is 0.350. The molecule has 138 valence electrons. The standard InChI is InChI=1S/C20H24N2O3S/c1-4-16-5-7-17(8-6-16)14(2)21-26(24,25)19-9-10-20-18(13-19)11-12-22(20)15(3)23/h5-10,13-14,21H,4,11-12H2,1-3H3/t14-/m1/s1. The lowest BCUT2D eigenvalue weighted by molar-refractivity contribution is -0.116. The summed E-state index contributed by atoms with van der Waals surface area (Å²) >= 11 is 0. The van der Waals surface area contributed by atoms with Gasteiger partial charge in [-0.2, -0.15) is 0 Å². The normalized spacial score (nSPS) is 15.0. The molecule has 2 aromatic rings. The topological polar surface area (TPSA) is 66.5 Å². The Hall–Kier alpha value is -2.18. The van der Waals surface area contributed by atoms with Crippen molar-refractivity contribution in [2.24, 2.45) is 0 Å². The summed E-state index contributed by atoms with van der Waals surface area (Å²) < 4.78 is 28.3. The number of nitrogens with zero attached hydrogens (tertiary/aromatic N) is 1. The van der Waals surface area contributed by atoms with Crippen LogP contribution in [0.5, 0.6) is 0 Å². The minimum atomic E-state index is -3.64. The molecule has 0 unspecified atom stereocenters. The average Bonchev–Trinajstić information content (AvgIpc) is 3.05. The Morgan fingerprint density at radius 2 is 1.88 bits per heavy atom. The third kappa shape index (κ3) is 3.66. The maximum Gasteiger partial charge on any atom is 0.241 e. The van der Waals surface area contributed by atoms with Gasteiger partial charge in [0.1, 0.15) is 0 Å². The highest BCUT2D eigenvalue weighted by Gasteiger charge is 2.25. The highest BCUT2D eigenvalue weighted by molar-refractivity contribution is 7.89. The van der Waals surface area contributed by atoms with Gasteiger partial charge < -0.3 is 4.90 Å². The Kier molecular flexibility index (Phi) is 5.16. The van der Waals surface area contributed by atoms with Crippen molar-refractivity contribution in [1.29, 1.82) is 0 Å². The highest BCUT2D eigenvalue weighted by Crippen LogP contribution is 2.30. The summed E-state index contributed by atoms with van der Waals surface area (Å²) in [5.41, 5.74) is 3.84. The van der Waals surface area contributed by atoms with Crippen LogP contribution in [-0.2, 0) is 27.7 Å². The van der Waals surface area contributed by atoms with Crippen LogP contribution >= 0.6 is 0 Å². The van der Waals surface area contributed by atoms with Crippen LogP contribution in [0.25, 0.3) is 0 Å². The van der Waals surface area contributed by atoms with Crippen molar-refractivity contribution < 1.29 is 13.2 Å². The Morgan fingerprint density at radius 3 is 2.50 bits per heavy atom. The number of hydrogen-bond acceptors (Lipinski definition) is 3. The van der Waals surface area contributed by atoms with Crippen LogP contribution in [0.15, 0.2) is 47.4 Å². The van der Waals surface area contributed by atoms with E-state index in [1.807, 2.05) is 31.2 Å². The molecule has 1 heterocycles. The van der Waals surface area contributed by atoms with Crippen LogP contribution in [0.2, 0.25) is 0 Å². The lowest BCUT2D eigenvalue weighted by Crippen LogP contribution is -2.27. The maximum atomic E-state index is 12.8. The molecule has 1 N–H and O–H groups in total. The predicted octanol–water partition coefficient (Wildman–Crippen LogP) is 3.20. The lowest BCUT2D eigenvalue weighted by atomic mass is 10.1. The molecule has 0 fully saturated rings. The van der Waals surface area contributed by atoms with Crippen LogP contribution in [-0.4, -0.2) is 20.9 Å². The number of anilines is 1. The number of sulfonamides is 1. The Bertz CT molecular complexity index is 921. The molecular weight excluding hydrogens is 348 g/mol. The molecule has 0 spiro atoms. The lowest BCUT2D eigenvalue weighted by Gasteiger charge is -2.17. The largest absolute Gasteiger partial charge is 0.312 e. The van der Waals surface area contributed by atoms with E-state index in [4.69, 9.17) is 0 Å². The molecule has 0 radical (unpaired) electrons. The van der Waals surface area contributed by atoms with Crippen molar-refractivity contribution in [3.8, 4) is 0 Å². The Balaban J connectivity index is 1.81. The summed E-state index contributed by atoms with van der Waals surface area (Å²) in [4.78, 5) is 13.5. The van der Waals surface area contributed by atoms with Gasteiger partial charge in [0, 0.05) is 25.2 Å². The molecule has 0 bridgehead atoms. The van der Waals surface area contributed by atoms with Gasteiger partial charge in [0.2, 0.25) is 15.9 Å². The van der Waals surface area contributed by atoms with Gasteiger partial charge in [0.15, 0.2) is 0 Å². The first-order valence-corrected chi connectivity index (χ1v) is 10.3. The Morgan fingerprint density at radius 1 is 1.19 bits per heavy atom. The third-order valence-electron chi connectivity index (χ3n) is 4.86. The number of rotatable bonds is 5. The summed E-state index contributed by atoms with van der Waals surface area (Å²) in [7, 11) is -3.64. The van der Waals surface area contributed by atoms with Crippen molar-refractivity contribution >= 4 is 21.6 Å². The second-order valence-electron chi connectivity index (χ2n) is 6.65. The molecule has 5 nitrogen and oxygen atoms in total. The van der Waals surface area contributed by atoms with Crippen LogP contribution in [0.1, 0.15) is 43.5 Å². The molecule has 1 aliphatic heterocycles. The molecule has 0 saturated carbocycles. The van der Waals surface area contributed by atoms with Crippen molar-refractivity contribution in [2.75, 3.05) is 11.4 Å².